The molecule has 1 rings (SSSR count). The Morgan fingerprint density at radius 3 is 2.73 bits per heavy atom. The fourth-order valence-electron chi connectivity index (χ4n) is 1.08. The smallest absolute Gasteiger partial charge is 0.182 e. The first-order valence-corrected chi connectivity index (χ1v) is 6.68. The zero-order chi connectivity index (χ0) is 11.5. The lowest BCUT2D eigenvalue weighted by Gasteiger charge is -2.07. The Balaban J connectivity index is 3.09. The molecule has 0 radical (unpaired) electrons. The second-order valence-corrected chi connectivity index (χ2v) is 5.99. The fourth-order valence-corrected chi connectivity index (χ4v) is 2.93. The number of anilines is 1. The van der Waals surface area contributed by atoms with Gasteiger partial charge in [0.15, 0.2) is 9.84 Å². The van der Waals surface area contributed by atoms with Gasteiger partial charge in [-0.25, -0.2) is 8.42 Å². The van der Waals surface area contributed by atoms with Gasteiger partial charge < -0.3 is 10.5 Å². The topological polar surface area (TPSA) is 69.4 Å². The number of methoxy groups -OCH3 is 1. The second-order valence-electron chi connectivity index (χ2n) is 2.99. The first kappa shape index (κ1) is 12.5. The number of hydrogen-bond donors (Lipinski definition) is 1. The van der Waals surface area contributed by atoms with Gasteiger partial charge in [0.25, 0.3) is 0 Å². The molecular weight excluding hydrogens is 282 g/mol. The van der Waals surface area contributed by atoms with E-state index in [-0.39, 0.29) is 22.9 Å². The average molecular weight is 294 g/mol. The van der Waals surface area contributed by atoms with E-state index in [9.17, 15) is 8.42 Å². The van der Waals surface area contributed by atoms with Crippen molar-refractivity contribution in [1.82, 2.24) is 0 Å². The maximum Gasteiger partial charge on any atom is 0.182 e. The molecule has 1 aromatic rings. The van der Waals surface area contributed by atoms with E-state index in [2.05, 4.69) is 15.9 Å². The maximum absolute atomic E-state index is 11.8. The monoisotopic (exact) mass is 293 g/mol. The third kappa shape index (κ3) is 3.19. The van der Waals surface area contributed by atoms with Gasteiger partial charge in [-0.2, -0.15) is 0 Å². The van der Waals surface area contributed by atoms with Gasteiger partial charge in [0, 0.05) is 11.6 Å². The van der Waals surface area contributed by atoms with Gasteiger partial charge in [-0.05, 0) is 18.2 Å². The number of ether oxygens (including phenoxy) is 1. The van der Waals surface area contributed by atoms with Crippen LogP contribution in [0.3, 0.4) is 0 Å². The lowest BCUT2D eigenvalue weighted by Crippen LogP contribution is -2.13. The van der Waals surface area contributed by atoms with Crippen LogP contribution in [-0.2, 0) is 14.6 Å². The summed E-state index contributed by atoms with van der Waals surface area (Å²) in [6.45, 7) is 0.161. The predicted molar refractivity (Wildman–Crippen MR) is 62.5 cm³/mol. The summed E-state index contributed by atoms with van der Waals surface area (Å²) in [6.07, 6.45) is 0. The number of nitrogens with two attached hydrogens (primary N) is 1. The van der Waals surface area contributed by atoms with Gasteiger partial charge >= 0.3 is 0 Å². The summed E-state index contributed by atoms with van der Waals surface area (Å²) in [6, 6.07) is 4.76. The van der Waals surface area contributed by atoms with Crippen molar-refractivity contribution >= 4 is 31.5 Å². The largest absolute Gasteiger partial charge is 0.398 e. The molecule has 1 aromatic carbocycles. The molecule has 4 nitrogen and oxygen atoms in total. The summed E-state index contributed by atoms with van der Waals surface area (Å²) >= 11 is 3.21. The summed E-state index contributed by atoms with van der Waals surface area (Å²) in [7, 11) is -1.90. The Kier molecular flexibility index (Phi) is 4.12. The van der Waals surface area contributed by atoms with E-state index in [0.29, 0.717) is 4.47 Å². The van der Waals surface area contributed by atoms with Crippen molar-refractivity contribution in [2.45, 2.75) is 4.90 Å². The molecule has 0 aliphatic carbocycles. The van der Waals surface area contributed by atoms with Gasteiger partial charge in [-0.1, -0.05) is 15.9 Å². The van der Waals surface area contributed by atoms with Crippen LogP contribution in [0.25, 0.3) is 0 Å². The van der Waals surface area contributed by atoms with Gasteiger partial charge in [-0.15, -0.1) is 0 Å². The van der Waals surface area contributed by atoms with Crippen molar-refractivity contribution < 1.29 is 13.2 Å². The maximum atomic E-state index is 11.8. The molecule has 0 aliphatic rings. The van der Waals surface area contributed by atoms with E-state index in [4.69, 9.17) is 10.5 Å². The Morgan fingerprint density at radius 1 is 1.47 bits per heavy atom. The molecule has 0 bridgehead atoms. The summed E-state index contributed by atoms with van der Waals surface area (Å²) in [5.41, 5.74) is 5.87. The van der Waals surface area contributed by atoms with E-state index < -0.39 is 9.84 Å². The van der Waals surface area contributed by atoms with Crippen LogP contribution in [0.4, 0.5) is 5.69 Å². The van der Waals surface area contributed by atoms with Crippen LogP contribution in [0.1, 0.15) is 0 Å². The molecule has 0 heterocycles. The molecule has 2 N–H and O–H groups in total. The zero-order valence-corrected chi connectivity index (χ0v) is 10.6. The summed E-state index contributed by atoms with van der Waals surface area (Å²) < 4.78 is 29.0. The van der Waals surface area contributed by atoms with Crippen molar-refractivity contribution in [3.8, 4) is 0 Å². The van der Waals surface area contributed by atoms with Crippen LogP contribution in [-0.4, -0.2) is 27.9 Å². The first-order chi connectivity index (χ1) is 6.97. The standard InChI is InChI=1S/C9H12BrNO3S/c1-14-4-5-15(12,13)9-6-7(10)2-3-8(9)11/h2-3,6H,4-5,11H2,1H3. The van der Waals surface area contributed by atoms with Crippen LogP contribution < -0.4 is 5.73 Å². The molecular formula is C9H12BrNO3S. The van der Waals surface area contributed by atoms with Crippen molar-refractivity contribution in [3.63, 3.8) is 0 Å². The molecule has 0 saturated carbocycles. The summed E-state index contributed by atoms with van der Waals surface area (Å²) in [5.74, 6) is -0.0653. The molecule has 0 saturated heterocycles. The molecule has 0 aromatic heterocycles. The van der Waals surface area contributed by atoms with Crippen molar-refractivity contribution in [2.24, 2.45) is 0 Å². The van der Waals surface area contributed by atoms with E-state index in [1.54, 1.807) is 12.1 Å². The van der Waals surface area contributed by atoms with E-state index in [0.717, 1.165) is 0 Å². The molecule has 84 valence electrons. The number of nitrogen functional groups attached to an aromatic ring is 1. The summed E-state index contributed by atoms with van der Waals surface area (Å²) in [4.78, 5) is 0.147. The fraction of sp³-hybridized carbons (Fsp3) is 0.333. The molecule has 0 unspecified atom stereocenters. The first-order valence-electron chi connectivity index (χ1n) is 4.24. The van der Waals surface area contributed by atoms with Crippen LogP contribution in [0, 0.1) is 0 Å². The van der Waals surface area contributed by atoms with Gasteiger partial charge in [-0.3, -0.25) is 0 Å². The van der Waals surface area contributed by atoms with Gasteiger partial charge in [0.2, 0.25) is 0 Å². The van der Waals surface area contributed by atoms with Gasteiger partial charge in [0.05, 0.1) is 22.9 Å². The average Bonchev–Trinajstić information content (AvgIpc) is 2.18. The number of benzene rings is 1. The van der Waals surface area contributed by atoms with Crippen molar-refractivity contribution in [1.29, 1.82) is 0 Å². The highest BCUT2D eigenvalue weighted by atomic mass is 79.9. The normalized spacial score (nSPS) is 11.6. The number of sulfone groups is 1. The number of halogens is 1. The minimum atomic E-state index is -3.36. The van der Waals surface area contributed by atoms with Crippen LogP contribution in [0.2, 0.25) is 0 Å². The summed E-state index contributed by atoms with van der Waals surface area (Å²) in [5, 5.41) is 0. The van der Waals surface area contributed by atoms with Crippen molar-refractivity contribution in [3.05, 3.63) is 22.7 Å². The SMILES string of the molecule is COCCS(=O)(=O)c1cc(Br)ccc1N. The molecule has 15 heavy (non-hydrogen) atoms. The number of hydrogen-bond acceptors (Lipinski definition) is 4. The highest BCUT2D eigenvalue weighted by Gasteiger charge is 2.17. The molecule has 0 fully saturated rings. The Morgan fingerprint density at radius 2 is 2.13 bits per heavy atom. The molecule has 0 atom stereocenters. The molecule has 0 amide bonds. The lowest BCUT2D eigenvalue weighted by molar-refractivity contribution is 0.217. The minimum Gasteiger partial charge on any atom is -0.398 e. The molecule has 0 spiro atoms. The molecule has 6 heteroatoms. The van der Waals surface area contributed by atoms with E-state index >= 15 is 0 Å². The highest BCUT2D eigenvalue weighted by Crippen LogP contribution is 2.23. The lowest BCUT2D eigenvalue weighted by atomic mass is 10.3. The molecule has 0 aliphatic heterocycles. The third-order valence-corrected chi connectivity index (χ3v) is 4.09. The van der Waals surface area contributed by atoms with Crippen molar-refractivity contribution in [2.75, 3.05) is 25.2 Å². The van der Waals surface area contributed by atoms with Gasteiger partial charge in [0.1, 0.15) is 0 Å². The van der Waals surface area contributed by atoms with Crippen LogP contribution in [0.15, 0.2) is 27.6 Å². The van der Waals surface area contributed by atoms with Crippen LogP contribution >= 0.6 is 15.9 Å². The van der Waals surface area contributed by atoms with E-state index in [1.807, 2.05) is 0 Å². The predicted octanol–water partition coefficient (Wildman–Crippen LogP) is 1.45. The third-order valence-electron chi connectivity index (χ3n) is 1.87. The zero-order valence-electron chi connectivity index (χ0n) is 8.23. The number of rotatable bonds is 4. The highest BCUT2D eigenvalue weighted by molar-refractivity contribution is 9.10. The second kappa shape index (κ2) is 4.96. The quantitative estimate of drug-likeness (QED) is 0.853. The Labute approximate surface area is 97.5 Å². The van der Waals surface area contributed by atoms with E-state index in [1.165, 1.54) is 13.2 Å². The minimum absolute atomic E-state index is 0.0653. The van der Waals surface area contributed by atoms with Crippen LogP contribution in [0.5, 0.6) is 0 Å². The Hall–Kier alpha value is -0.590. The Bertz CT molecular complexity index is 445.